The minimum absolute atomic E-state index is 0.240. The molecule has 0 saturated heterocycles. The van der Waals surface area contributed by atoms with E-state index >= 15 is 0 Å². The van der Waals surface area contributed by atoms with E-state index < -0.39 is 28.0 Å². The molecule has 0 unspecified atom stereocenters. The predicted octanol–water partition coefficient (Wildman–Crippen LogP) is 3.88. The summed E-state index contributed by atoms with van der Waals surface area (Å²) in [5, 5.41) is 19.5. The van der Waals surface area contributed by atoms with Crippen molar-refractivity contribution in [2.75, 3.05) is 0 Å². The maximum Gasteiger partial charge on any atom is 0.339 e. The van der Waals surface area contributed by atoms with Crippen LogP contribution in [0.1, 0.15) is 10.4 Å². The van der Waals surface area contributed by atoms with Crippen LogP contribution in [0.15, 0.2) is 36.4 Å². The molecule has 2 rings (SSSR count). The number of nitrogens with zero attached hydrogens (tertiary/aromatic N) is 1. The third kappa shape index (κ3) is 3.09. The molecule has 0 amide bonds. The Morgan fingerprint density at radius 2 is 2.00 bits per heavy atom. The van der Waals surface area contributed by atoms with Gasteiger partial charge in [-0.15, -0.1) is 0 Å². The van der Waals surface area contributed by atoms with Crippen molar-refractivity contribution in [1.82, 2.24) is 0 Å². The third-order valence-electron chi connectivity index (χ3n) is 2.52. The smallest absolute Gasteiger partial charge is 0.339 e. The van der Waals surface area contributed by atoms with E-state index in [1.165, 1.54) is 18.2 Å². The molecule has 6 nitrogen and oxygen atoms in total. The van der Waals surface area contributed by atoms with Crippen LogP contribution < -0.4 is 4.74 Å². The Kier molecular flexibility index (Phi) is 4.04. The standard InChI is InChI=1S/C13H7ClFNO5/c14-9-6-7(16(19)20)5-8(13(17)18)12(9)21-11-4-2-1-3-10(11)15/h1-6H,(H,17,18). The molecule has 0 saturated carbocycles. The largest absolute Gasteiger partial charge is 0.478 e. The van der Waals surface area contributed by atoms with Crippen LogP contribution in [0.3, 0.4) is 0 Å². The Balaban J connectivity index is 2.55. The quantitative estimate of drug-likeness (QED) is 0.683. The summed E-state index contributed by atoms with van der Waals surface area (Å²) >= 11 is 5.81. The van der Waals surface area contributed by atoms with Crippen molar-refractivity contribution < 1.29 is 24.0 Å². The van der Waals surface area contributed by atoms with Gasteiger partial charge in [0.15, 0.2) is 17.3 Å². The predicted molar refractivity (Wildman–Crippen MR) is 71.5 cm³/mol. The van der Waals surface area contributed by atoms with E-state index in [4.69, 9.17) is 21.4 Å². The average molecular weight is 312 g/mol. The van der Waals surface area contributed by atoms with Gasteiger partial charge in [-0.05, 0) is 12.1 Å². The number of para-hydroxylation sites is 1. The van der Waals surface area contributed by atoms with Crippen LogP contribution >= 0.6 is 11.6 Å². The Labute approximate surface area is 122 Å². The molecule has 0 fully saturated rings. The number of carbonyl (C=O) groups is 1. The number of carboxylic acids is 1. The number of halogens is 2. The molecule has 1 N–H and O–H groups in total. The van der Waals surface area contributed by atoms with Gasteiger partial charge in [-0.1, -0.05) is 23.7 Å². The van der Waals surface area contributed by atoms with Crippen LogP contribution in [-0.4, -0.2) is 16.0 Å². The summed E-state index contributed by atoms with van der Waals surface area (Å²) < 4.78 is 18.7. The highest BCUT2D eigenvalue weighted by Crippen LogP contribution is 2.37. The Bertz CT molecular complexity index is 734. The molecule has 2 aromatic carbocycles. The van der Waals surface area contributed by atoms with Gasteiger partial charge in [-0.2, -0.15) is 0 Å². The Hall–Kier alpha value is -2.67. The number of ether oxygens (including phenoxy) is 1. The second-order valence-electron chi connectivity index (χ2n) is 3.90. The second-order valence-corrected chi connectivity index (χ2v) is 4.31. The molecule has 0 aliphatic carbocycles. The molecule has 0 aliphatic heterocycles. The number of aromatic carboxylic acids is 1. The van der Waals surface area contributed by atoms with E-state index in [0.29, 0.717) is 0 Å². The van der Waals surface area contributed by atoms with Crippen LogP contribution in [0.2, 0.25) is 5.02 Å². The van der Waals surface area contributed by atoms with Gasteiger partial charge in [0.05, 0.1) is 9.95 Å². The minimum atomic E-state index is -1.48. The fraction of sp³-hybridized carbons (Fsp3) is 0. The molecule has 0 aromatic heterocycles. The van der Waals surface area contributed by atoms with Gasteiger partial charge in [-0.25, -0.2) is 9.18 Å². The number of carboxylic acid groups (broad SMARTS) is 1. The van der Waals surface area contributed by atoms with Gasteiger partial charge in [0, 0.05) is 12.1 Å². The van der Waals surface area contributed by atoms with E-state index in [-0.39, 0.29) is 16.5 Å². The van der Waals surface area contributed by atoms with Crippen LogP contribution in [0, 0.1) is 15.9 Å². The minimum Gasteiger partial charge on any atom is -0.478 e. The lowest BCUT2D eigenvalue weighted by Crippen LogP contribution is -2.03. The first-order chi connectivity index (χ1) is 9.90. The number of hydrogen-bond donors (Lipinski definition) is 1. The molecule has 0 aliphatic rings. The van der Waals surface area contributed by atoms with Crippen LogP contribution in [0.5, 0.6) is 11.5 Å². The number of nitro groups is 1. The highest BCUT2D eigenvalue weighted by Gasteiger charge is 2.22. The number of nitro benzene ring substituents is 1. The summed E-state index contributed by atoms with van der Waals surface area (Å²) in [5.74, 6) is -2.80. The van der Waals surface area contributed by atoms with Crippen molar-refractivity contribution >= 4 is 23.3 Å². The van der Waals surface area contributed by atoms with Gasteiger partial charge in [0.1, 0.15) is 5.56 Å². The number of benzene rings is 2. The zero-order valence-electron chi connectivity index (χ0n) is 10.2. The Morgan fingerprint density at radius 3 is 2.57 bits per heavy atom. The zero-order chi connectivity index (χ0) is 15.6. The molecule has 0 spiro atoms. The number of non-ortho nitro benzene ring substituents is 1. The summed E-state index contributed by atoms with van der Waals surface area (Å²) in [6, 6.07) is 7.04. The van der Waals surface area contributed by atoms with E-state index in [1.54, 1.807) is 0 Å². The first kappa shape index (κ1) is 14.7. The number of rotatable bonds is 4. The first-order valence-electron chi connectivity index (χ1n) is 5.53. The van der Waals surface area contributed by atoms with E-state index in [2.05, 4.69) is 0 Å². The molecule has 0 atom stereocenters. The molecule has 21 heavy (non-hydrogen) atoms. The lowest BCUT2D eigenvalue weighted by atomic mass is 10.1. The topological polar surface area (TPSA) is 89.7 Å². The summed E-state index contributed by atoms with van der Waals surface area (Å²) in [6.45, 7) is 0. The van der Waals surface area contributed by atoms with Crippen molar-refractivity contribution in [1.29, 1.82) is 0 Å². The maximum absolute atomic E-state index is 13.5. The Morgan fingerprint density at radius 1 is 1.33 bits per heavy atom. The average Bonchev–Trinajstić information content (AvgIpc) is 2.42. The van der Waals surface area contributed by atoms with Crippen molar-refractivity contribution in [3.05, 3.63) is 62.9 Å². The van der Waals surface area contributed by atoms with Gasteiger partial charge in [-0.3, -0.25) is 10.1 Å². The van der Waals surface area contributed by atoms with E-state index in [0.717, 1.165) is 18.2 Å². The van der Waals surface area contributed by atoms with Crippen molar-refractivity contribution in [2.24, 2.45) is 0 Å². The summed E-state index contributed by atoms with van der Waals surface area (Å²) in [6.07, 6.45) is 0. The van der Waals surface area contributed by atoms with Crippen molar-refractivity contribution in [2.45, 2.75) is 0 Å². The van der Waals surface area contributed by atoms with E-state index in [1.807, 2.05) is 0 Å². The van der Waals surface area contributed by atoms with Crippen LogP contribution in [0.4, 0.5) is 10.1 Å². The lowest BCUT2D eigenvalue weighted by Gasteiger charge is -2.11. The normalized spacial score (nSPS) is 10.2. The monoisotopic (exact) mass is 311 g/mol. The summed E-state index contributed by atoms with van der Waals surface area (Å²) in [7, 11) is 0. The summed E-state index contributed by atoms with van der Waals surface area (Å²) in [4.78, 5) is 21.1. The van der Waals surface area contributed by atoms with Gasteiger partial charge < -0.3 is 9.84 Å². The molecule has 108 valence electrons. The molecular weight excluding hydrogens is 305 g/mol. The fourth-order valence-electron chi connectivity index (χ4n) is 1.58. The van der Waals surface area contributed by atoms with Crippen molar-refractivity contribution in [3.63, 3.8) is 0 Å². The third-order valence-corrected chi connectivity index (χ3v) is 2.80. The molecule has 0 heterocycles. The molecule has 2 aromatic rings. The van der Waals surface area contributed by atoms with Crippen LogP contribution in [-0.2, 0) is 0 Å². The zero-order valence-corrected chi connectivity index (χ0v) is 11.0. The highest BCUT2D eigenvalue weighted by molar-refractivity contribution is 6.33. The van der Waals surface area contributed by atoms with Crippen molar-refractivity contribution in [3.8, 4) is 11.5 Å². The molecule has 0 bridgehead atoms. The molecular formula is C13H7ClFNO5. The molecule has 0 radical (unpaired) electrons. The highest BCUT2D eigenvalue weighted by atomic mass is 35.5. The fourth-order valence-corrected chi connectivity index (χ4v) is 1.84. The second kappa shape index (κ2) is 5.76. The lowest BCUT2D eigenvalue weighted by molar-refractivity contribution is -0.384. The SMILES string of the molecule is O=C(O)c1cc([N+](=O)[O-])cc(Cl)c1Oc1ccccc1F. The first-order valence-corrected chi connectivity index (χ1v) is 5.91. The summed E-state index contributed by atoms with van der Waals surface area (Å²) in [5.41, 5.74) is -1.03. The van der Waals surface area contributed by atoms with Crippen LogP contribution in [0.25, 0.3) is 0 Å². The van der Waals surface area contributed by atoms with Gasteiger partial charge in [0.25, 0.3) is 5.69 Å². The van der Waals surface area contributed by atoms with Gasteiger partial charge in [0.2, 0.25) is 0 Å². The molecule has 8 heteroatoms. The maximum atomic E-state index is 13.5. The number of hydrogen-bond acceptors (Lipinski definition) is 4. The van der Waals surface area contributed by atoms with Gasteiger partial charge >= 0.3 is 5.97 Å². The van der Waals surface area contributed by atoms with E-state index in [9.17, 15) is 19.3 Å².